The molecule has 1 heterocycles. The summed E-state index contributed by atoms with van der Waals surface area (Å²) in [6.07, 6.45) is -2.34. The summed E-state index contributed by atoms with van der Waals surface area (Å²) < 4.78 is 72.6. The Bertz CT molecular complexity index is 1830. The molecular formula is C31H26ClF4N5O8. The zero-order valence-electron chi connectivity index (χ0n) is 25.3. The number of esters is 1. The molecular weight excluding hydrogens is 682 g/mol. The number of carbonyl (C=O) groups excluding carboxylic acids is 3. The molecule has 1 aromatic heterocycles. The van der Waals surface area contributed by atoms with Crippen LogP contribution in [0.2, 0.25) is 5.02 Å². The minimum Gasteiger partial charge on any atom is -0.456 e. The van der Waals surface area contributed by atoms with Gasteiger partial charge >= 0.3 is 18.1 Å². The molecule has 0 aliphatic rings. The lowest BCUT2D eigenvalue weighted by Gasteiger charge is -2.30. The number of likely N-dealkylation sites (N-methyl/N-ethyl adjacent to an activating group) is 1. The van der Waals surface area contributed by atoms with Gasteiger partial charge in [0.15, 0.2) is 18.2 Å². The maximum atomic E-state index is 15.2. The Kier molecular flexibility index (Phi) is 11.7. The Morgan fingerprint density at radius 3 is 2.47 bits per heavy atom. The van der Waals surface area contributed by atoms with E-state index < -0.39 is 66.3 Å². The van der Waals surface area contributed by atoms with Crippen LogP contribution in [0.1, 0.15) is 22.3 Å². The molecule has 1 atom stereocenters. The predicted octanol–water partition coefficient (Wildman–Crippen LogP) is 6.82. The number of nitro benzene ring substituents is 1. The molecule has 18 heteroatoms. The Balaban J connectivity index is 1.42. The van der Waals surface area contributed by atoms with E-state index in [1.54, 1.807) is 0 Å². The number of urea groups is 1. The second-order valence-electron chi connectivity index (χ2n) is 10.4. The number of non-ortho nitro benzene ring substituents is 1. The van der Waals surface area contributed by atoms with E-state index in [2.05, 4.69) is 15.8 Å². The average Bonchev–Trinajstić information content (AvgIpc) is 3.54. The Morgan fingerprint density at radius 2 is 1.78 bits per heavy atom. The molecule has 3 amide bonds. The Hall–Kier alpha value is -5.71. The van der Waals surface area contributed by atoms with Crippen LogP contribution in [-0.2, 0) is 16.0 Å². The molecule has 0 fully saturated rings. The van der Waals surface area contributed by atoms with E-state index in [0.29, 0.717) is 5.56 Å². The van der Waals surface area contributed by atoms with Crippen LogP contribution in [0.5, 0.6) is 0 Å². The molecule has 4 rings (SSSR count). The smallest absolute Gasteiger partial charge is 0.412 e. The standard InChI is InChI=1S/C31H26ClF4N5O8/c1-40(29(43)37-15-20-5-3-7-24(34)27(20)32)23(14-31(35,36)17-48-28(42)18-8-10-22(11-9-18)41(45)46)16-47-30(44)38-26-13-25(49-39-26)19-4-2-6-21(33)12-19/h2-13,23H,14-17H2,1H3,(H,37,43)(H,38,39,44)/t23-/m0/s1. The summed E-state index contributed by atoms with van der Waals surface area (Å²) in [5.41, 5.74) is -0.0360. The zero-order valence-corrected chi connectivity index (χ0v) is 26.1. The summed E-state index contributed by atoms with van der Waals surface area (Å²) >= 11 is 5.92. The van der Waals surface area contributed by atoms with Crippen molar-refractivity contribution in [1.82, 2.24) is 15.4 Å². The van der Waals surface area contributed by atoms with E-state index in [0.717, 1.165) is 42.3 Å². The van der Waals surface area contributed by atoms with Crippen molar-refractivity contribution in [3.63, 3.8) is 0 Å². The van der Waals surface area contributed by atoms with Crippen molar-refractivity contribution in [3.05, 3.63) is 111 Å². The fraction of sp³-hybridized carbons (Fsp3) is 0.226. The van der Waals surface area contributed by atoms with Gasteiger partial charge in [0.1, 0.15) is 18.2 Å². The maximum Gasteiger partial charge on any atom is 0.412 e. The molecule has 2 N–H and O–H groups in total. The Morgan fingerprint density at radius 1 is 1.06 bits per heavy atom. The normalized spacial score (nSPS) is 11.7. The van der Waals surface area contributed by atoms with E-state index in [9.17, 15) is 33.3 Å². The van der Waals surface area contributed by atoms with Crippen molar-refractivity contribution >= 4 is 41.2 Å². The number of carbonyl (C=O) groups is 3. The summed E-state index contributed by atoms with van der Waals surface area (Å²) in [6.45, 7) is -2.53. The number of nitro groups is 1. The van der Waals surface area contributed by atoms with Crippen molar-refractivity contribution in [2.75, 3.05) is 25.6 Å². The van der Waals surface area contributed by atoms with Crippen LogP contribution in [0.4, 0.5) is 38.7 Å². The van der Waals surface area contributed by atoms with E-state index in [1.807, 2.05) is 0 Å². The van der Waals surface area contributed by atoms with Gasteiger partial charge in [-0.15, -0.1) is 0 Å². The van der Waals surface area contributed by atoms with Crippen LogP contribution in [0.25, 0.3) is 11.3 Å². The van der Waals surface area contributed by atoms with Crippen LogP contribution in [0.3, 0.4) is 0 Å². The first-order valence-electron chi connectivity index (χ1n) is 14.1. The minimum absolute atomic E-state index is 0.102. The third-order valence-corrected chi connectivity index (χ3v) is 7.27. The number of ether oxygens (including phenoxy) is 2. The largest absolute Gasteiger partial charge is 0.456 e. The topological polar surface area (TPSA) is 166 Å². The highest BCUT2D eigenvalue weighted by Crippen LogP contribution is 2.26. The van der Waals surface area contributed by atoms with Crippen molar-refractivity contribution < 1.29 is 50.9 Å². The Labute approximate surface area is 279 Å². The van der Waals surface area contributed by atoms with Gasteiger partial charge < -0.3 is 24.2 Å². The second kappa shape index (κ2) is 15.9. The summed E-state index contributed by atoms with van der Waals surface area (Å²) in [4.78, 5) is 48.8. The predicted molar refractivity (Wildman–Crippen MR) is 165 cm³/mol. The first-order valence-corrected chi connectivity index (χ1v) is 14.5. The van der Waals surface area contributed by atoms with E-state index >= 15 is 8.78 Å². The number of hydrogen-bond acceptors (Lipinski definition) is 9. The molecule has 49 heavy (non-hydrogen) atoms. The van der Waals surface area contributed by atoms with Gasteiger partial charge in [-0.3, -0.25) is 15.4 Å². The molecule has 0 unspecified atom stereocenters. The SMILES string of the molecule is CN(C(=O)NCc1cccc(F)c1Cl)[C@H](COC(=O)Nc1cc(-c2cccc(F)c2)on1)CC(F)(F)COC(=O)c1ccc([N+](=O)[O-])cc1. The number of nitrogens with one attached hydrogen (secondary N) is 2. The molecule has 258 valence electrons. The van der Waals surface area contributed by atoms with Crippen molar-refractivity contribution in [1.29, 1.82) is 0 Å². The first-order chi connectivity index (χ1) is 23.2. The molecule has 0 radical (unpaired) electrons. The number of aromatic nitrogens is 1. The van der Waals surface area contributed by atoms with Gasteiger partial charge in [0, 0.05) is 43.8 Å². The number of amides is 3. The van der Waals surface area contributed by atoms with Gasteiger partial charge in [-0.25, -0.2) is 31.9 Å². The molecule has 0 saturated carbocycles. The van der Waals surface area contributed by atoms with Crippen LogP contribution < -0.4 is 10.6 Å². The highest BCUT2D eigenvalue weighted by atomic mass is 35.5. The monoisotopic (exact) mass is 707 g/mol. The van der Waals surface area contributed by atoms with Crippen molar-refractivity contribution in [2.24, 2.45) is 0 Å². The fourth-order valence-electron chi connectivity index (χ4n) is 4.26. The van der Waals surface area contributed by atoms with Gasteiger partial charge in [0.2, 0.25) is 0 Å². The molecule has 0 saturated heterocycles. The van der Waals surface area contributed by atoms with Crippen LogP contribution in [0, 0.1) is 21.7 Å². The third kappa shape index (κ3) is 10.1. The highest BCUT2D eigenvalue weighted by molar-refractivity contribution is 6.31. The summed E-state index contributed by atoms with van der Waals surface area (Å²) in [5, 5.41) is 18.9. The van der Waals surface area contributed by atoms with E-state index in [4.69, 9.17) is 25.6 Å². The molecule has 0 aliphatic carbocycles. The van der Waals surface area contributed by atoms with Crippen LogP contribution >= 0.6 is 11.6 Å². The minimum atomic E-state index is -3.78. The average molecular weight is 708 g/mol. The maximum absolute atomic E-state index is 15.2. The number of nitrogens with zero attached hydrogens (tertiary/aromatic N) is 3. The highest BCUT2D eigenvalue weighted by Gasteiger charge is 2.38. The number of hydrogen-bond donors (Lipinski definition) is 2. The van der Waals surface area contributed by atoms with Crippen molar-refractivity contribution in [3.8, 4) is 11.3 Å². The van der Waals surface area contributed by atoms with Gasteiger partial charge in [-0.05, 0) is 35.9 Å². The molecule has 0 aliphatic heterocycles. The summed E-state index contributed by atoms with van der Waals surface area (Å²) in [7, 11) is 1.14. The van der Waals surface area contributed by atoms with Gasteiger partial charge in [-0.1, -0.05) is 41.0 Å². The summed E-state index contributed by atoms with van der Waals surface area (Å²) in [5.74, 6) is -6.30. The molecule has 4 aromatic rings. The number of alkyl halides is 2. The van der Waals surface area contributed by atoms with Crippen molar-refractivity contribution in [2.45, 2.75) is 24.9 Å². The molecule has 0 spiro atoms. The number of rotatable bonds is 13. The molecule has 13 nitrogen and oxygen atoms in total. The molecule has 0 bridgehead atoms. The van der Waals surface area contributed by atoms with Gasteiger partial charge in [-0.2, -0.15) is 0 Å². The number of benzene rings is 3. The second-order valence-corrected chi connectivity index (χ2v) is 10.8. The van der Waals surface area contributed by atoms with Gasteiger partial charge in [0.05, 0.1) is 21.6 Å². The number of anilines is 1. The first kappa shape index (κ1) is 36.1. The lowest BCUT2D eigenvalue weighted by atomic mass is 10.1. The lowest BCUT2D eigenvalue weighted by molar-refractivity contribution is -0.384. The molecule has 3 aromatic carbocycles. The summed E-state index contributed by atoms with van der Waals surface area (Å²) in [6, 6.07) is 12.1. The van der Waals surface area contributed by atoms with E-state index in [1.165, 1.54) is 42.5 Å². The quantitative estimate of drug-likeness (QED) is 0.0656. The lowest BCUT2D eigenvalue weighted by Crippen LogP contribution is -2.48. The zero-order chi connectivity index (χ0) is 35.7. The van der Waals surface area contributed by atoms with Gasteiger partial charge in [0.25, 0.3) is 11.6 Å². The van der Waals surface area contributed by atoms with Crippen LogP contribution in [-0.4, -0.2) is 65.3 Å². The van der Waals surface area contributed by atoms with Crippen LogP contribution in [0.15, 0.2) is 77.3 Å². The third-order valence-electron chi connectivity index (χ3n) is 6.85. The fourth-order valence-corrected chi connectivity index (χ4v) is 4.45. The number of halogens is 5. The van der Waals surface area contributed by atoms with E-state index in [-0.39, 0.29) is 40.0 Å².